The molecule has 2 atom stereocenters. The Morgan fingerprint density at radius 1 is 1.32 bits per heavy atom. The van der Waals surface area contributed by atoms with Crippen LogP contribution in [0.5, 0.6) is 0 Å². The summed E-state index contributed by atoms with van der Waals surface area (Å²) in [5, 5.41) is 15.9. The number of nitrogens with zero attached hydrogens (tertiary/aromatic N) is 1. The maximum absolute atomic E-state index is 12.2. The van der Waals surface area contributed by atoms with Crippen LogP contribution in [0.1, 0.15) is 25.7 Å². The predicted octanol–water partition coefficient (Wildman–Crippen LogP) is 3.61. The average molecular weight is 361 g/mol. The van der Waals surface area contributed by atoms with Crippen LogP contribution in [0.25, 0.3) is 0 Å². The van der Waals surface area contributed by atoms with Crippen LogP contribution in [0.4, 0.5) is 29.3 Å². The first-order valence-electron chi connectivity index (χ1n) is 7.74. The van der Waals surface area contributed by atoms with E-state index >= 15 is 0 Å². The molecule has 1 saturated carbocycles. The van der Waals surface area contributed by atoms with Crippen LogP contribution >= 0.6 is 0 Å². The van der Waals surface area contributed by atoms with E-state index in [1.165, 1.54) is 18.2 Å². The van der Waals surface area contributed by atoms with Gasteiger partial charge < -0.3 is 15.4 Å². The van der Waals surface area contributed by atoms with Gasteiger partial charge in [-0.2, -0.15) is 13.2 Å². The second-order valence-electron chi connectivity index (χ2n) is 5.78. The molecule has 0 spiro atoms. The van der Waals surface area contributed by atoms with Crippen molar-refractivity contribution in [2.45, 2.75) is 44.0 Å². The minimum Gasteiger partial charge on any atom is -0.369 e. The lowest BCUT2D eigenvalue weighted by atomic mass is 9.93. The highest BCUT2D eigenvalue weighted by atomic mass is 19.4. The zero-order valence-corrected chi connectivity index (χ0v) is 13.2. The Bertz CT molecular complexity index is 624. The van der Waals surface area contributed by atoms with E-state index in [1.54, 1.807) is 6.07 Å². The van der Waals surface area contributed by atoms with E-state index in [9.17, 15) is 28.1 Å². The summed E-state index contributed by atoms with van der Waals surface area (Å²) < 4.78 is 41.5. The molecule has 0 aromatic heterocycles. The highest BCUT2D eigenvalue weighted by Gasteiger charge is 2.31. The number of hydrogen-bond acceptors (Lipinski definition) is 4. The van der Waals surface area contributed by atoms with E-state index in [0.29, 0.717) is 19.3 Å². The number of halogens is 3. The van der Waals surface area contributed by atoms with Gasteiger partial charge in [-0.05, 0) is 31.7 Å². The summed E-state index contributed by atoms with van der Waals surface area (Å²) in [7, 11) is 0. The van der Waals surface area contributed by atoms with E-state index in [-0.39, 0.29) is 23.8 Å². The highest BCUT2D eigenvalue weighted by molar-refractivity contribution is 5.91. The zero-order valence-electron chi connectivity index (χ0n) is 13.2. The molecule has 1 aromatic rings. The lowest BCUT2D eigenvalue weighted by Gasteiger charge is -2.30. The molecule has 0 heterocycles. The molecule has 0 aliphatic heterocycles. The van der Waals surface area contributed by atoms with Crippen LogP contribution < -0.4 is 10.6 Å². The number of urea groups is 1. The van der Waals surface area contributed by atoms with Crippen molar-refractivity contribution in [2.24, 2.45) is 0 Å². The Balaban J connectivity index is 1.87. The molecule has 0 bridgehead atoms. The molecule has 1 fully saturated rings. The fourth-order valence-corrected chi connectivity index (χ4v) is 2.72. The summed E-state index contributed by atoms with van der Waals surface area (Å²) in [6.07, 6.45) is -2.97. The van der Waals surface area contributed by atoms with Gasteiger partial charge in [-0.15, -0.1) is 0 Å². The Kier molecular flexibility index (Phi) is 6.18. The predicted molar refractivity (Wildman–Crippen MR) is 83.3 cm³/mol. The monoisotopic (exact) mass is 361 g/mol. The van der Waals surface area contributed by atoms with Crippen molar-refractivity contribution >= 4 is 17.4 Å². The number of alkyl halides is 3. The Morgan fingerprint density at radius 3 is 2.72 bits per heavy atom. The van der Waals surface area contributed by atoms with Crippen LogP contribution in [0.2, 0.25) is 0 Å². The van der Waals surface area contributed by atoms with Gasteiger partial charge in [0, 0.05) is 12.1 Å². The third-order valence-electron chi connectivity index (χ3n) is 3.79. The van der Waals surface area contributed by atoms with E-state index in [0.717, 1.165) is 0 Å². The molecule has 2 rings (SSSR count). The van der Waals surface area contributed by atoms with Crippen molar-refractivity contribution in [3.8, 4) is 0 Å². The van der Waals surface area contributed by atoms with Crippen molar-refractivity contribution in [2.75, 3.05) is 11.9 Å². The van der Waals surface area contributed by atoms with Gasteiger partial charge in [0.1, 0.15) is 12.3 Å². The summed E-state index contributed by atoms with van der Waals surface area (Å²) in [6, 6.07) is 4.69. The number of nitrogens with one attached hydrogen (secondary N) is 2. The molecule has 0 saturated heterocycles. The summed E-state index contributed by atoms with van der Waals surface area (Å²) in [6.45, 7) is -1.31. The molecule has 2 amide bonds. The number of anilines is 1. The number of rotatable bonds is 5. The molecule has 138 valence electrons. The van der Waals surface area contributed by atoms with Gasteiger partial charge >= 0.3 is 12.2 Å². The fourth-order valence-electron chi connectivity index (χ4n) is 2.72. The molecule has 1 aliphatic carbocycles. The van der Waals surface area contributed by atoms with Crippen molar-refractivity contribution in [3.63, 3.8) is 0 Å². The molecule has 7 nitrogen and oxygen atoms in total. The van der Waals surface area contributed by atoms with Crippen molar-refractivity contribution in [3.05, 3.63) is 34.4 Å². The second kappa shape index (κ2) is 8.15. The maximum Gasteiger partial charge on any atom is 0.411 e. The van der Waals surface area contributed by atoms with Gasteiger partial charge in [0.25, 0.3) is 5.69 Å². The van der Waals surface area contributed by atoms with Crippen LogP contribution in [-0.4, -0.2) is 35.9 Å². The van der Waals surface area contributed by atoms with Crippen LogP contribution in [0, 0.1) is 10.1 Å². The summed E-state index contributed by atoms with van der Waals surface area (Å²) in [4.78, 5) is 22.3. The average Bonchev–Trinajstić information content (AvgIpc) is 2.53. The highest BCUT2D eigenvalue weighted by Crippen LogP contribution is 2.25. The smallest absolute Gasteiger partial charge is 0.369 e. The van der Waals surface area contributed by atoms with Crippen LogP contribution in [0.15, 0.2) is 24.3 Å². The first kappa shape index (κ1) is 19.0. The number of carbonyl (C=O) groups excluding carboxylic acids is 1. The van der Waals surface area contributed by atoms with E-state index in [4.69, 9.17) is 4.74 Å². The van der Waals surface area contributed by atoms with E-state index in [1.807, 2.05) is 0 Å². The standard InChI is InChI=1S/C15H18F3N3O4/c16-15(17,18)9-25-11-5-3-4-10(8-11)19-14(22)20-12-6-1-2-7-13(12)21(23)24/h1-2,6-7,10-11H,3-5,8-9H2,(H2,19,20,22). The molecular formula is C15H18F3N3O4. The topological polar surface area (TPSA) is 93.5 Å². The number of hydrogen-bond donors (Lipinski definition) is 2. The van der Waals surface area contributed by atoms with E-state index in [2.05, 4.69) is 10.6 Å². The minimum absolute atomic E-state index is 0.0469. The Hall–Kier alpha value is -2.36. The van der Waals surface area contributed by atoms with Crippen LogP contribution in [0.3, 0.4) is 0 Å². The number of nitro benzene ring substituents is 1. The molecule has 2 unspecified atom stereocenters. The van der Waals surface area contributed by atoms with Gasteiger partial charge in [0.15, 0.2) is 0 Å². The van der Waals surface area contributed by atoms with Gasteiger partial charge in [-0.1, -0.05) is 12.1 Å². The fraction of sp³-hybridized carbons (Fsp3) is 0.533. The SMILES string of the molecule is O=C(Nc1ccccc1[N+](=O)[O-])NC1CCCC(OCC(F)(F)F)C1. The normalized spacial score (nSPS) is 20.8. The summed E-state index contributed by atoms with van der Waals surface area (Å²) in [5.74, 6) is 0. The molecule has 10 heteroatoms. The number of amides is 2. The van der Waals surface area contributed by atoms with Gasteiger partial charge in [0.2, 0.25) is 0 Å². The number of nitro groups is 1. The number of ether oxygens (including phenoxy) is 1. The number of benzene rings is 1. The van der Waals surface area contributed by atoms with Crippen LogP contribution in [-0.2, 0) is 4.74 Å². The number of carbonyl (C=O) groups is 1. The molecule has 0 radical (unpaired) electrons. The molecule has 2 N–H and O–H groups in total. The lowest BCUT2D eigenvalue weighted by molar-refractivity contribution is -0.383. The van der Waals surface area contributed by atoms with Gasteiger partial charge in [-0.25, -0.2) is 4.79 Å². The first-order chi connectivity index (χ1) is 11.7. The largest absolute Gasteiger partial charge is 0.411 e. The minimum atomic E-state index is -4.38. The summed E-state index contributed by atoms with van der Waals surface area (Å²) in [5.41, 5.74) is -0.196. The molecule has 25 heavy (non-hydrogen) atoms. The van der Waals surface area contributed by atoms with Crippen molar-refractivity contribution in [1.82, 2.24) is 5.32 Å². The Morgan fingerprint density at radius 2 is 2.04 bits per heavy atom. The maximum atomic E-state index is 12.2. The second-order valence-corrected chi connectivity index (χ2v) is 5.78. The third-order valence-corrected chi connectivity index (χ3v) is 3.79. The first-order valence-corrected chi connectivity index (χ1v) is 7.74. The Labute approximate surface area is 141 Å². The lowest BCUT2D eigenvalue weighted by Crippen LogP contribution is -2.43. The summed E-state index contributed by atoms with van der Waals surface area (Å²) >= 11 is 0. The van der Waals surface area contributed by atoms with Crippen molar-refractivity contribution in [1.29, 1.82) is 0 Å². The molecule has 1 aromatic carbocycles. The zero-order chi connectivity index (χ0) is 18.4. The van der Waals surface area contributed by atoms with Crippen molar-refractivity contribution < 1.29 is 27.6 Å². The van der Waals surface area contributed by atoms with E-state index < -0.39 is 29.8 Å². The third kappa shape index (κ3) is 6.22. The quantitative estimate of drug-likeness (QED) is 0.619. The molecular weight excluding hydrogens is 343 g/mol. The number of para-hydroxylation sites is 2. The van der Waals surface area contributed by atoms with Gasteiger partial charge in [0.05, 0.1) is 11.0 Å². The molecule has 1 aliphatic rings. The van der Waals surface area contributed by atoms with Gasteiger partial charge in [-0.3, -0.25) is 10.1 Å².